The van der Waals surface area contributed by atoms with Gasteiger partial charge < -0.3 is 25.3 Å². The van der Waals surface area contributed by atoms with E-state index in [0.29, 0.717) is 6.54 Å². The third kappa shape index (κ3) is 6.34. The highest BCUT2D eigenvalue weighted by molar-refractivity contribution is 14.0. The molecule has 2 fully saturated rings. The number of hydrogen-bond donors (Lipinski definition) is 2. The Hall–Kier alpha value is -2.49. The predicted molar refractivity (Wildman–Crippen MR) is 152 cm³/mol. The molecule has 2 aliphatic heterocycles. The SMILES string of the molecule is CN=C(NCc1cccc(NC(=O)N2CCCC2)c1)N1CCN(c2cccc(C)c2C)CC1.I. The number of guanidine groups is 1. The zero-order valence-electron chi connectivity index (χ0n) is 20.5. The lowest BCUT2D eigenvalue weighted by molar-refractivity contribution is 0.222. The summed E-state index contributed by atoms with van der Waals surface area (Å²) >= 11 is 0. The zero-order valence-corrected chi connectivity index (χ0v) is 22.8. The van der Waals surface area contributed by atoms with Gasteiger partial charge in [-0.15, -0.1) is 24.0 Å². The molecule has 2 N–H and O–H groups in total. The Kier molecular flexibility index (Phi) is 9.44. The summed E-state index contributed by atoms with van der Waals surface area (Å²) in [4.78, 5) is 23.6. The van der Waals surface area contributed by atoms with Crippen molar-refractivity contribution in [2.45, 2.75) is 33.2 Å². The third-order valence-corrected chi connectivity index (χ3v) is 6.73. The summed E-state index contributed by atoms with van der Waals surface area (Å²) in [5.74, 6) is 0.919. The van der Waals surface area contributed by atoms with Crippen LogP contribution in [0.4, 0.5) is 16.2 Å². The molecule has 0 aliphatic carbocycles. The molecule has 0 atom stereocenters. The quantitative estimate of drug-likeness (QED) is 0.321. The van der Waals surface area contributed by atoms with Crippen LogP contribution in [0.2, 0.25) is 0 Å². The number of amides is 2. The van der Waals surface area contributed by atoms with Gasteiger partial charge in [0.1, 0.15) is 0 Å². The van der Waals surface area contributed by atoms with E-state index in [4.69, 9.17) is 0 Å². The molecule has 0 saturated carbocycles. The van der Waals surface area contributed by atoms with E-state index < -0.39 is 0 Å². The lowest BCUT2D eigenvalue weighted by Gasteiger charge is -2.38. The maximum Gasteiger partial charge on any atom is 0.321 e. The Morgan fingerprint density at radius 2 is 1.65 bits per heavy atom. The molecular formula is C26H37IN6O. The largest absolute Gasteiger partial charge is 0.368 e. The number of hydrogen-bond acceptors (Lipinski definition) is 3. The zero-order chi connectivity index (χ0) is 23.2. The van der Waals surface area contributed by atoms with Crippen LogP contribution in [0, 0.1) is 13.8 Å². The first-order chi connectivity index (χ1) is 16.0. The normalized spacial score (nSPS) is 16.3. The molecule has 2 heterocycles. The number of piperazine rings is 1. The minimum atomic E-state index is -0.00450. The van der Waals surface area contributed by atoms with Crippen LogP contribution in [0.15, 0.2) is 47.5 Å². The number of likely N-dealkylation sites (tertiary alicyclic amines) is 1. The lowest BCUT2D eigenvalue weighted by Crippen LogP contribution is -2.52. The molecule has 34 heavy (non-hydrogen) atoms. The van der Waals surface area contributed by atoms with Crippen molar-refractivity contribution < 1.29 is 4.79 Å². The van der Waals surface area contributed by atoms with Crippen LogP contribution in [-0.2, 0) is 6.54 Å². The van der Waals surface area contributed by atoms with Gasteiger partial charge in [-0.2, -0.15) is 0 Å². The number of anilines is 2. The smallest absolute Gasteiger partial charge is 0.321 e. The van der Waals surface area contributed by atoms with E-state index in [2.05, 4.69) is 63.5 Å². The Morgan fingerprint density at radius 3 is 2.35 bits per heavy atom. The molecule has 0 aromatic heterocycles. The van der Waals surface area contributed by atoms with Crippen molar-refractivity contribution in [1.82, 2.24) is 15.1 Å². The number of aliphatic imine (C=N–C) groups is 1. The fourth-order valence-corrected chi connectivity index (χ4v) is 4.63. The molecule has 2 aliphatic rings. The number of rotatable bonds is 4. The van der Waals surface area contributed by atoms with Crippen molar-refractivity contribution in [2.75, 3.05) is 56.5 Å². The first kappa shape index (κ1) is 26.1. The molecule has 0 radical (unpaired) electrons. The van der Waals surface area contributed by atoms with Crippen molar-refractivity contribution in [2.24, 2.45) is 4.99 Å². The number of carbonyl (C=O) groups excluding carboxylic acids is 1. The van der Waals surface area contributed by atoms with E-state index >= 15 is 0 Å². The van der Waals surface area contributed by atoms with Gasteiger partial charge >= 0.3 is 6.03 Å². The molecule has 0 unspecified atom stereocenters. The van der Waals surface area contributed by atoms with Crippen LogP contribution in [0.25, 0.3) is 0 Å². The highest BCUT2D eigenvalue weighted by Crippen LogP contribution is 2.24. The fraction of sp³-hybridized carbons (Fsp3) is 0.462. The lowest BCUT2D eigenvalue weighted by atomic mass is 10.1. The Labute approximate surface area is 220 Å². The second-order valence-electron chi connectivity index (χ2n) is 8.92. The van der Waals surface area contributed by atoms with Crippen molar-refractivity contribution in [1.29, 1.82) is 0 Å². The van der Waals surface area contributed by atoms with Gasteiger partial charge in [0.25, 0.3) is 0 Å². The Bertz CT molecular complexity index is 997. The van der Waals surface area contributed by atoms with E-state index in [0.717, 1.165) is 69.3 Å². The van der Waals surface area contributed by atoms with Crippen molar-refractivity contribution in [3.63, 3.8) is 0 Å². The molecule has 7 nitrogen and oxygen atoms in total. The molecular weight excluding hydrogens is 539 g/mol. The van der Waals surface area contributed by atoms with Crippen molar-refractivity contribution in [3.8, 4) is 0 Å². The maximum absolute atomic E-state index is 12.4. The molecule has 0 bridgehead atoms. The second kappa shape index (κ2) is 12.3. The van der Waals surface area contributed by atoms with Gasteiger partial charge in [0.2, 0.25) is 0 Å². The van der Waals surface area contributed by atoms with Gasteiger partial charge in [-0.3, -0.25) is 4.99 Å². The third-order valence-electron chi connectivity index (χ3n) is 6.73. The number of benzene rings is 2. The Balaban J connectivity index is 0.00000324. The summed E-state index contributed by atoms with van der Waals surface area (Å²) in [7, 11) is 1.84. The van der Waals surface area contributed by atoms with Crippen LogP contribution in [0.3, 0.4) is 0 Å². The van der Waals surface area contributed by atoms with E-state index in [1.807, 2.05) is 30.1 Å². The number of aryl methyl sites for hydroxylation is 1. The van der Waals surface area contributed by atoms with E-state index in [1.54, 1.807) is 0 Å². The standard InChI is InChI=1S/C26H36N6O.HI/c1-20-8-6-11-24(21(20)2)30-14-16-31(17-15-30)25(27-3)28-19-22-9-7-10-23(18-22)29-26(33)32-12-4-5-13-32;/h6-11,18H,4-5,12-17,19H2,1-3H3,(H,27,28)(H,29,33);1H. The average molecular weight is 577 g/mol. The van der Waals surface area contributed by atoms with E-state index in [9.17, 15) is 4.79 Å². The van der Waals surface area contributed by atoms with Gasteiger partial charge in [0.15, 0.2) is 5.96 Å². The summed E-state index contributed by atoms with van der Waals surface area (Å²) in [5.41, 5.74) is 5.99. The monoisotopic (exact) mass is 576 g/mol. The van der Waals surface area contributed by atoms with Crippen molar-refractivity contribution >= 4 is 47.3 Å². The van der Waals surface area contributed by atoms with Crippen LogP contribution in [-0.4, -0.2) is 68.1 Å². The summed E-state index contributed by atoms with van der Waals surface area (Å²) < 4.78 is 0. The summed E-state index contributed by atoms with van der Waals surface area (Å²) in [6, 6.07) is 14.6. The second-order valence-corrected chi connectivity index (χ2v) is 8.92. The summed E-state index contributed by atoms with van der Waals surface area (Å²) in [6.45, 7) is 10.6. The average Bonchev–Trinajstić information content (AvgIpc) is 3.37. The highest BCUT2D eigenvalue weighted by Gasteiger charge is 2.21. The molecule has 2 amide bonds. The van der Waals surface area contributed by atoms with Crippen LogP contribution < -0.4 is 15.5 Å². The van der Waals surface area contributed by atoms with Crippen molar-refractivity contribution in [3.05, 3.63) is 59.2 Å². The predicted octanol–water partition coefficient (Wildman–Crippen LogP) is 4.45. The van der Waals surface area contributed by atoms with E-state index in [1.165, 1.54) is 16.8 Å². The number of halogens is 1. The first-order valence-electron chi connectivity index (χ1n) is 12.0. The van der Waals surface area contributed by atoms with Gasteiger partial charge in [-0.25, -0.2) is 4.79 Å². The number of nitrogens with zero attached hydrogens (tertiary/aromatic N) is 4. The molecule has 0 spiro atoms. The molecule has 184 valence electrons. The van der Waals surface area contributed by atoms with Crippen LogP contribution >= 0.6 is 24.0 Å². The van der Waals surface area contributed by atoms with E-state index in [-0.39, 0.29) is 30.0 Å². The number of nitrogens with one attached hydrogen (secondary N) is 2. The topological polar surface area (TPSA) is 63.2 Å². The van der Waals surface area contributed by atoms with Crippen LogP contribution in [0.1, 0.15) is 29.5 Å². The van der Waals surface area contributed by atoms with Gasteiger partial charge in [0, 0.05) is 64.2 Å². The van der Waals surface area contributed by atoms with Gasteiger partial charge in [-0.05, 0) is 61.6 Å². The highest BCUT2D eigenvalue weighted by atomic mass is 127. The molecule has 8 heteroatoms. The number of carbonyl (C=O) groups is 1. The minimum absolute atomic E-state index is 0. The molecule has 2 aromatic rings. The minimum Gasteiger partial charge on any atom is -0.368 e. The molecule has 2 aromatic carbocycles. The molecule has 2 saturated heterocycles. The Morgan fingerprint density at radius 1 is 0.941 bits per heavy atom. The maximum atomic E-state index is 12.4. The van der Waals surface area contributed by atoms with Crippen LogP contribution in [0.5, 0.6) is 0 Å². The van der Waals surface area contributed by atoms with Gasteiger partial charge in [0.05, 0.1) is 0 Å². The summed E-state index contributed by atoms with van der Waals surface area (Å²) in [5, 5.41) is 6.53. The number of urea groups is 1. The fourth-order valence-electron chi connectivity index (χ4n) is 4.63. The summed E-state index contributed by atoms with van der Waals surface area (Å²) in [6.07, 6.45) is 2.19. The molecule has 4 rings (SSSR count). The van der Waals surface area contributed by atoms with Gasteiger partial charge in [-0.1, -0.05) is 24.3 Å². The first-order valence-corrected chi connectivity index (χ1v) is 12.0.